The lowest BCUT2D eigenvalue weighted by Crippen LogP contribution is -2.16. The third-order valence-electron chi connectivity index (χ3n) is 3.49. The van der Waals surface area contributed by atoms with E-state index in [9.17, 15) is 32.9 Å². The van der Waals surface area contributed by atoms with Crippen molar-refractivity contribution >= 4 is 17.4 Å². The van der Waals surface area contributed by atoms with Crippen LogP contribution in [0, 0.1) is 17.0 Å². The van der Waals surface area contributed by atoms with Gasteiger partial charge in [0, 0.05) is 11.1 Å². The van der Waals surface area contributed by atoms with E-state index in [2.05, 4.69) is 0 Å². The van der Waals surface area contributed by atoms with Gasteiger partial charge < -0.3 is 4.74 Å². The minimum Gasteiger partial charge on any atom is -0.454 e. The van der Waals surface area contributed by atoms with Crippen molar-refractivity contribution in [1.29, 1.82) is 0 Å². The summed E-state index contributed by atoms with van der Waals surface area (Å²) in [7, 11) is 0. The summed E-state index contributed by atoms with van der Waals surface area (Å²) in [5.41, 5.74) is -1.86. The molecule has 2 aromatic carbocycles. The molecule has 0 bridgehead atoms. The maximum absolute atomic E-state index is 12.7. The number of para-hydroxylation sites is 1. The first-order valence-corrected chi connectivity index (χ1v) is 7.23. The van der Waals surface area contributed by atoms with Gasteiger partial charge in [0.05, 0.1) is 10.5 Å². The number of carbonyl (C=O) groups excluding carboxylic acids is 2. The van der Waals surface area contributed by atoms with Gasteiger partial charge in [0.1, 0.15) is 5.56 Å². The van der Waals surface area contributed by atoms with Crippen molar-refractivity contribution in [2.45, 2.75) is 13.1 Å². The highest BCUT2D eigenvalue weighted by Gasteiger charge is 2.31. The highest BCUT2D eigenvalue weighted by atomic mass is 19.4. The predicted molar refractivity (Wildman–Crippen MR) is 83.9 cm³/mol. The van der Waals surface area contributed by atoms with Crippen molar-refractivity contribution in [3.63, 3.8) is 0 Å². The van der Waals surface area contributed by atoms with Crippen LogP contribution in [0.3, 0.4) is 0 Å². The second-order valence-electron chi connectivity index (χ2n) is 5.31. The molecule has 0 atom stereocenters. The van der Waals surface area contributed by atoms with Crippen LogP contribution in [0.4, 0.5) is 18.9 Å². The third kappa shape index (κ3) is 4.24. The lowest BCUT2D eigenvalue weighted by Gasteiger charge is -2.09. The fourth-order valence-corrected chi connectivity index (χ4v) is 2.23. The summed E-state index contributed by atoms with van der Waals surface area (Å²) in [6, 6.07) is 7.67. The van der Waals surface area contributed by atoms with E-state index in [-0.39, 0.29) is 16.7 Å². The fraction of sp³-hybridized carbons (Fsp3) is 0.176. The number of Topliss-reactive ketones (excluding diaryl/α,β-unsaturated/α-hetero) is 1. The Morgan fingerprint density at radius 1 is 1.15 bits per heavy atom. The number of hydrogen-bond acceptors (Lipinski definition) is 5. The van der Waals surface area contributed by atoms with E-state index in [1.54, 1.807) is 0 Å². The molecule has 0 N–H and O–H groups in total. The summed E-state index contributed by atoms with van der Waals surface area (Å²) in [6.45, 7) is 0.591. The van der Waals surface area contributed by atoms with E-state index >= 15 is 0 Å². The molecule has 0 unspecified atom stereocenters. The molecule has 2 aromatic rings. The number of nitro groups is 1. The van der Waals surface area contributed by atoms with Crippen LogP contribution < -0.4 is 0 Å². The van der Waals surface area contributed by atoms with Gasteiger partial charge in [-0.15, -0.1) is 0 Å². The minimum absolute atomic E-state index is 0.230. The number of aryl methyl sites for hydroxylation is 1. The Kier molecular flexibility index (Phi) is 5.39. The number of halogens is 3. The topological polar surface area (TPSA) is 86.5 Å². The number of benzene rings is 2. The van der Waals surface area contributed by atoms with E-state index in [1.165, 1.54) is 25.1 Å². The van der Waals surface area contributed by atoms with Gasteiger partial charge in [0.15, 0.2) is 12.4 Å². The van der Waals surface area contributed by atoms with Gasteiger partial charge in [-0.2, -0.15) is 13.2 Å². The molecule has 0 aliphatic heterocycles. The van der Waals surface area contributed by atoms with Crippen LogP contribution in [0.2, 0.25) is 0 Å². The first-order chi connectivity index (χ1) is 12.1. The van der Waals surface area contributed by atoms with Crippen LogP contribution in [0.5, 0.6) is 0 Å². The van der Waals surface area contributed by atoms with Gasteiger partial charge in [0.2, 0.25) is 0 Å². The molecule has 0 fully saturated rings. The Balaban J connectivity index is 2.15. The quantitative estimate of drug-likeness (QED) is 0.345. The maximum atomic E-state index is 12.7. The molecule has 0 aliphatic rings. The van der Waals surface area contributed by atoms with Crippen LogP contribution >= 0.6 is 0 Å². The van der Waals surface area contributed by atoms with Crippen molar-refractivity contribution in [2.75, 3.05) is 6.61 Å². The number of ketones is 1. The van der Waals surface area contributed by atoms with Crippen LogP contribution in [0.15, 0.2) is 42.5 Å². The predicted octanol–water partition coefficient (Wildman–Crippen LogP) is 3.96. The molecule has 0 saturated carbocycles. The number of carbonyl (C=O) groups is 2. The summed E-state index contributed by atoms with van der Waals surface area (Å²) < 4.78 is 42.7. The summed E-state index contributed by atoms with van der Waals surface area (Å²) in [6.07, 6.45) is -4.62. The zero-order chi connectivity index (χ0) is 19.5. The molecule has 26 heavy (non-hydrogen) atoms. The van der Waals surface area contributed by atoms with Crippen molar-refractivity contribution in [2.24, 2.45) is 0 Å². The Bertz CT molecular complexity index is 877. The van der Waals surface area contributed by atoms with Gasteiger partial charge in [-0.25, -0.2) is 4.79 Å². The maximum Gasteiger partial charge on any atom is 0.416 e. The standard InChI is InChI=1S/C17H12F3NO5/c1-10-4-2-7-13(15(10)21(24)25)16(23)26-9-14(22)11-5-3-6-12(8-11)17(18,19)20/h2-8H,9H2,1H3. The normalized spacial score (nSPS) is 11.1. The molecule has 0 aromatic heterocycles. The third-order valence-corrected chi connectivity index (χ3v) is 3.49. The molecule has 136 valence electrons. The van der Waals surface area contributed by atoms with Crippen LogP contribution in [0.1, 0.15) is 31.8 Å². The molecule has 0 spiro atoms. The lowest BCUT2D eigenvalue weighted by molar-refractivity contribution is -0.385. The SMILES string of the molecule is Cc1cccc(C(=O)OCC(=O)c2cccc(C(F)(F)F)c2)c1[N+](=O)[O-]. The largest absolute Gasteiger partial charge is 0.454 e. The highest BCUT2D eigenvalue weighted by molar-refractivity contribution is 6.00. The zero-order valence-corrected chi connectivity index (χ0v) is 13.4. The number of esters is 1. The highest BCUT2D eigenvalue weighted by Crippen LogP contribution is 2.29. The number of nitro benzene ring substituents is 1. The van der Waals surface area contributed by atoms with E-state index in [1.807, 2.05) is 0 Å². The first kappa shape index (κ1) is 19.1. The number of ether oxygens (including phenoxy) is 1. The summed E-state index contributed by atoms with van der Waals surface area (Å²) >= 11 is 0. The van der Waals surface area contributed by atoms with E-state index < -0.39 is 40.7 Å². The Morgan fingerprint density at radius 3 is 2.42 bits per heavy atom. The molecule has 9 heteroatoms. The number of nitrogens with zero attached hydrogens (tertiary/aromatic N) is 1. The van der Waals surface area contributed by atoms with Crippen molar-refractivity contribution in [1.82, 2.24) is 0 Å². The monoisotopic (exact) mass is 367 g/mol. The van der Waals surface area contributed by atoms with Gasteiger partial charge in [-0.1, -0.05) is 24.3 Å². The molecule has 0 amide bonds. The molecule has 0 radical (unpaired) electrons. The molecule has 0 aliphatic carbocycles. The molecule has 6 nitrogen and oxygen atoms in total. The van der Waals surface area contributed by atoms with Crippen LogP contribution in [0.25, 0.3) is 0 Å². The molecule has 0 heterocycles. The van der Waals surface area contributed by atoms with Crippen LogP contribution in [-0.2, 0) is 10.9 Å². The Morgan fingerprint density at radius 2 is 1.81 bits per heavy atom. The Hall–Kier alpha value is -3.23. The summed E-state index contributed by atoms with van der Waals surface area (Å²) in [5, 5.41) is 11.1. The number of rotatable bonds is 5. The van der Waals surface area contributed by atoms with Crippen molar-refractivity contribution < 1.29 is 32.4 Å². The summed E-state index contributed by atoms with van der Waals surface area (Å²) in [5.74, 6) is -1.97. The molecular weight excluding hydrogens is 355 g/mol. The van der Waals surface area contributed by atoms with Crippen LogP contribution in [-0.4, -0.2) is 23.3 Å². The molecular formula is C17H12F3NO5. The number of alkyl halides is 3. The second kappa shape index (κ2) is 7.34. The number of hydrogen-bond donors (Lipinski definition) is 0. The van der Waals surface area contributed by atoms with Crippen molar-refractivity contribution in [3.8, 4) is 0 Å². The van der Waals surface area contributed by atoms with Gasteiger partial charge >= 0.3 is 12.1 Å². The van der Waals surface area contributed by atoms with Gasteiger partial charge in [0.25, 0.3) is 5.69 Å². The van der Waals surface area contributed by atoms with Gasteiger partial charge in [-0.05, 0) is 25.1 Å². The Labute approximate surface area is 145 Å². The van der Waals surface area contributed by atoms with E-state index in [4.69, 9.17) is 4.74 Å². The molecule has 2 rings (SSSR count). The molecule has 0 saturated heterocycles. The summed E-state index contributed by atoms with van der Waals surface area (Å²) in [4.78, 5) is 34.3. The van der Waals surface area contributed by atoms with Gasteiger partial charge in [-0.3, -0.25) is 14.9 Å². The first-order valence-electron chi connectivity index (χ1n) is 7.23. The average molecular weight is 367 g/mol. The van der Waals surface area contributed by atoms with E-state index in [0.717, 1.165) is 18.2 Å². The second-order valence-corrected chi connectivity index (χ2v) is 5.31. The van der Waals surface area contributed by atoms with E-state index in [0.29, 0.717) is 6.07 Å². The van der Waals surface area contributed by atoms with Crippen molar-refractivity contribution in [3.05, 3.63) is 74.8 Å². The minimum atomic E-state index is -4.62. The smallest absolute Gasteiger partial charge is 0.416 e. The average Bonchev–Trinajstić information content (AvgIpc) is 2.58. The zero-order valence-electron chi connectivity index (χ0n) is 13.4. The fourth-order valence-electron chi connectivity index (χ4n) is 2.23. The lowest BCUT2D eigenvalue weighted by atomic mass is 10.1.